The zero-order valence-electron chi connectivity index (χ0n) is 10.7. The van der Waals surface area contributed by atoms with Gasteiger partial charge in [0.1, 0.15) is 0 Å². The predicted molar refractivity (Wildman–Crippen MR) is 62.4 cm³/mol. The molecule has 1 atom stereocenters. The Morgan fingerprint density at radius 3 is 2.00 bits per heavy atom. The summed E-state index contributed by atoms with van der Waals surface area (Å²) in [5, 5.41) is 0. The lowest BCUT2D eigenvalue weighted by Crippen LogP contribution is -2.30. The molecule has 0 aliphatic heterocycles. The Bertz CT molecular complexity index is 158. The van der Waals surface area contributed by atoms with Crippen LogP contribution >= 0.6 is 0 Å². The highest BCUT2D eigenvalue weighted by molar-refractivity contribution is 4.76. The maximum Gasteiger partial charge on any atom is 0.0623 e. The summed E-state index contributed by atoms with van der Waals surface area (Å²) in [6.07, 6.45) is 3.14. The topological polar surface area (TPSA) is 35.2 Å². The molecular weight excluding hydrogens is 174 g/mol. The molecule has 0 radical (unpaired) electrons. The van der Waals surface area contributed by atoms with Gasteiger partial charge in [0, 0.05) is 13.2 Å². The highest BCUT2D eigenvalue weighted by Gasteiger charge is 2.20. The van der Waals surface area contributed by atoms with Gasteiger partial charge in [-0.3, -0.25) is 0 Å². The Hall–Kier alpha value is -0.0800. The van der Waals surface area contributed by atoms with Gasteiger partial charge >= 0.3 is 0 Å². The van der Waals surface area contributed by atoms with Crippen molar-refractivity contribution in [1.29, 1.82) is 0 Å². The molecule has 0 spiro atoms. The smallest absolute Gasteiger partial charge is 0.0623 e. The molecule has 1 unspecified atom stereocenters. The van der Waals surface area contributed by atoms with Crippen LogP contribution in [0.4, 0.5) is 0 Å². The highest BCUT2D eigenvalue weighted by Crippen LogP contribution is 2.24. The minimum Gasteiger partial charge on any atom is -0.379 e. The van der Waals surface area contributed by atoms with Crippen molar-refractivity contribution in [3.05, 3.63) is 0 Å². The van der Waals surface area contributed by atoms with Crippen molar-refractivity contribution < 1.29 is 4.74 Å². The second kappa shape index (κ2) is 5.13. The van der Waals surface area contributed by atoms with E-state index in [0.29, 0.717) is 11.5 Å². The fraction of sp³-hybridized carbons (Fsp3) is 1.00. The molecule has 14 heavy (non-hydrogen) atoms. The first kappa shape index (κ1) is 13.9. The first-order chi connectivity index (χ1) is 6.16. The van der Waals surface area contributed by atoms with Crippen LogP contribution in [-0.2, 0) is 4.74 Å². The summed E-state index contributed by atoms with van der Waals surface area (Å²) in [5.74, 6) is 0. The van der Waals surface area contributed by atoms with E-state index in [4.69, 9.17) is 10.5 Å². The van der Waals surface area contributed by atoms with Crippen molar-refractivity contribution >= 4 is 0 Å². The van der Waals surface area contributed by atoms with Crippen LogP contribution in [0, 0.1) is 5.41 Å². The fourth-order valence-electron chi connectivity index (χ4n) is 1.52. The van der Waals surface area contributed by atoms with Crippen molar-refractivity contribution in [3.63, 3.8) is 0 Å². The number of hydrogen-bond donors (Lipinski definition) is 1. The third-order valence-electron chi connectivity index (χ3n) is 2.54. The maximum atomic E-state index is 6.07. The number of rotatable bonds is 5. The first-order valence-corrected chi connectivity index (χ1v) is 5.47. The van der Waals surface area contributed by atoms with Crippen LogP contribution in [0.25, 0.3) is 0 Å². The molecule has 0 aromatic heterocycles. The molecule has 2 nitrogen and oxygen atoms in total. The van der Waals surface area contributed by atoms with E-state index in [9.17, 15) is 0 Å². The van der Waals surface area contributed by atoms with Crippen molar-refractivity contribution in [2.45, 2.75) is 65.5 Å². The fourth-order valence-corrected chi connectivity index (χ4v) is 1.52. The zero-order chi connectivity index (χ0) is 11.4. The van der Waals surface area contributed by atoms with E-state index in [1.54, 1.807) is 7.11 Å². The van der Waals surface area contributed by atoms with Crippen LogP contribution in [0.5, 0.6) is 0 Å². The van der Waals surface area contributed by atoms with Gasteiger partial charge < -0.3 is 10.5 Å². The molecule has 0 rings (SSSR count). The van der Waals surface area contributed by atoms with Crippen LogP contribution in [0.2, 0.25) is 0 Å². The third kappa shape index (κ3) is 7.34. The van der Waals surface area contributed by atoms with Crippen molar-refractivity contribution in [3.8, 4) is 0 Å². The van der Waals surface area contributed by atoms with E-state index in [1.807, 2.05) is 0 Å². The van der Waals surface area contributed by atoms with Crippen LogP contribution in [-0.4, -0.2) is 18.8 Å². The Kier molecular flexibility index (Phi) is 5.10. The van der Waals surface area contributed by atoms with Crippen LogP contribution in [0.15, 0.2) is 0 Å². The van der Waals surface area contributed by atoms with Crippen LogP contribution in [0.3, 0.4) is 0 Å². The molecule has 0 heterocycles. The molecule has 0 aromatic carbocycles. The van der Waals surface area contributed by atoms with E-state index >= 15 is 0 Å². The van der Waals surface area contributed by atoms with Gasteiger partial charge in [-0.2, -0.15) is 0 Å². The summed E-state index contributed by atoms with van der Waals surface area (Å²) < 4.78 is 5.36. The highest BCUT2D eigenvalue weighted by atomic mass is 16.5. The van der Waals surface area contributed by atoms with Gasteiger partial charge in [0.2, 0.25) is 0 Å². The number of hydrogen-bond acceptors (Lipinski definition) is 2. The number of methoxy groups -OCH3 is 1. The third-order valence-corrected chi connectivity index (χ3v) is 2.54. The normalized spacial score (nSPS) is 15.6. The summed E-state index contributed by atoms with van der Waals surface area (Å²) in [6, 6.07) is 0.296. The van der Waals surface area contributed by atoms with Gasteiger partial charge in [-0.15, -0.1) is 0 Å². The number of ether oxygens (including phenoxy) is 1. The Balaban J connectivity index is 3.80. The lowest BCUT2D eigenvalue weighted by molar-refractivity contribution is 0.0117. The standard InChI is InChI=1S/C12H27NO/c1-11(2,3)9-10(13)7-8-12(4,5)14-6/h10H,7-9,13H2,1-6H3. The van der Waals surface area contributed by atoms with Gasteiger partial charge in [-0.25, -0.2) is 0 Å². The second-order valence-electron chi connectivity index (χ2n) is 6.03. The van der Waals surface area contributed by atoms with Crippen LogP contribution < -0.4 is 5.73 Å². The van der Waals surface area contributed by atoms with Gasteiger partial charge in [0.25, 0.3) is 0 Å². The SMILES string of the molecule is COC(C)(C)CCC(N)CC(C)(C)C. The Morgan fingerprint density at radius 1 is 1.14 bits per heavy atom. The molecule has 0 aliphatic rings. The largest absolute Gasteiger partial charge is 0.379 e. The molecule has 0 amide bonds. The van der Waals surface area contributed by atoms with Gasteiger partial charge in [-0.1, -0.05) is 20.8 Å². The van der Waals surface area contributed by atoms with Gasteiger partial charge in [0.15, 0.2) is 0 Å². The quantitative estimate of drug-likeness (QED) is 0.742. The predicted octanol–water partition coefficient (Wildman–Crippen LogP) is 2.96. The minimum atomic E-state index is -0.0322. The lowest BCUT2D eigenvalue weighted by atomic mass is 9.85. The summed E-state index contributed by atoms with van der Waals surface area (Å²) in [7, 11) is 1.76. The van der Waals surface area contributed by atoms with Gasteiger partial charge in [-0.05, 0) is 38.5 Å². The lowest BCUT2D eigenvalue weighted by Gasteiger charge is -2.27. The zero-order valence-corrected chi connectivity index (χ0v) is 10.7. The molecule has 0 fully saturated rings. The van der Waals surface area contributed by atoms with Crippen molar-refractivity contribution in [2.75, 3.05) is 7.11 Å². The van der Waals surface area contributed by atoms with E-state index < -0.39 is 0 Å². The molecule has 0 bridgehead atoms. The second-order valence-corrected chi connectivity index (χ2v) is 6.03. The monoisotopic (exact) mass is 201 g/mol. The van der Waals surface area contributed by atoms with E-state index in [-0.39, 0.29) is 5.60 Å². The Labute approximate surface area is 89.2 Å². The molecule has 0 aromatic rings. The Morgan fingerprint density at radius 2 is 1.64 bits per heavy atom. The number of nitrogens with two attached hydrogens (primary N) is 1. The summed E-state index contributed by atoms with van der Waals surface area (Å²) >= 11 is 0. The molecular formula is C12H27NO. The maximum absolute atomic E-state index is 6.07. The van der Waals surface area contributed by atoms with E-state index in [2.05, 4.69) is 34.6 Å². The molecule has 0 saturated carbocycles. The first-order valence-electron chi connectivity index (χ1n) is 5.47. The van der Waals surface area contributed by atoms with E-state index in [0.717, 1.165) is 19.3 Å². The van der Waals surface area contributed by atoms with Crippen molar-refractivity contribution in [1.82, 2.24) is 0 Å². The average molecular weight is 201 g/mol. The average Bonchev–Trinajstić information content (AvgIpc) is 1.98. The minimum absolute atomic E-state index is 0.0322. The molecule has 0 saturated heterocycles. The molecule has 86 valence electrons. The van der Waals surface area contributed by atoms with E-state index in [1.165, 1.54) is 0 Å². The molecule has 0 aliphatic carbocycles. The summed E-state index contributed by atoms with van der Waals surface area (Å²) in [6.45, 7) is 10.9. The summed E-state index contributed by atoms with van der Waals surface area (Å²) in [4.78, 5) is 0. The van der Waals surface area contributed by atoms with Crippen molar-refractivity contribution in [2.24, 2.45) is 11.1 Å². The van der Waals surface area contributed by atoms with Gasteiger partial charge in [0.05, 0.1) is 5.60 Å². The molecule has 2 heteroatoms. The van der Waals surface area contributed by atoms with Crippen LogP contribution in [0.1, 0.15) is 53.9 Å². The molecule has 2 N–H and O–H groups in total. The summed E-state index contributed by atoms with van der Waals surface area (Å²) in [5.41, 5.74) is 6.36.